The van der Waals surface area contributed by atoms with Gasteiger partial charge in [0, 0.05) is 37.1 Å². The number of hydrogen-bond acceptors (Lipinski definition) is 5. The van der Waals surface area contributed by atoms with E-state index in [1.54, 1.807) is 37.3 Å². The van der Waals surface area contributed by atoms with Gasteiger partial charge in [-0.1, -0.05) is 77.8 Å². The third-order valence-corrected chi connectivity index (χ3v) is 8.00. The quantitative estimate of drug-likeness (QED) is 0.294. The summed E-state index contributed by atoms with van der Waals surface area (Å²) in [7, 11) is 0. The molecule has 8 nitrogen and oxygen atoms in total. The SMILES string of the molecule is Cc1cc(NC(=O)[C@H](CCN)NC(=O)[C@@H]2Cc3ccccc3CN2C(=O)CCC(=O)c2ccccc2)cc(Cl)c1Cl. The first-order valence-electron chi connectivity index (χ1n) is 13.4. The number of nitrogens with two attached hydrogens (primary N) is 1. The smallest absolute Gasteiger partial charge is 0.247 e. The zero-order chi connectivity index (χ0) is 29.5. The Morgan fingerprint density at radius 2 is 1.66 bits per heavy atom. The highest BCUT2D eigenvalue weighted by Gasteiger charge is 2.36. The summed E-state index contributed by atoms with van der Waals surface area (Å²) in [6.07, 6.45) is 0.448. The summed E-state index contributed by atoms with van der Waals surface area (Å²) in [5.74, 6) is -1.39. The fraction of sp³-hybridized carbons (Fsp3) is 0.290. The summed E-state index contributed by atoms with van der Waals surface area (Å²) >= 11 is 12.3. The Labute approximate surface area is 249 Å². The molecule has 1 aliphatic rings. The summed E-state index contributed by atoms with van der Waals surface area (Å²) in [4.78, 5) is 54.4. The third-order valence-electron chi connectivity index (χ3n) is 7.10. The number of carbonyl (C=O) groups is 4. The van der Waals surface area contributed by atoms with Crippen LogP contribution in [0.3, 0.4) is 0 Å². The molecular formula is C31H32Cl2N4O4. The molecule has 0 spiro atoms. The van der Waals surface area contributed by atoms with Gasteiger partial charge in [-0.2, -0.15) is 0 Å². The summed E-state index contributed by atoms with van der Waals surface area (Å²) < 4.78 is 0. The van der Waals surface area contributed by atoms with Crippen LogP contribution in [0, 0.1) is 6.92 Å². The highest BCUT2D eigenvalue weighted by atomic mass is 35.5. The van der Waals surface area contributed by atoms with Crippen molar-refractivity contribution in [3.05, 3.63) is 99.0 Å². The molecule has 0 saturated heterocycles. The van der Waals surface area contributed by atoms with Crippen LogP contribution in [0.25, 0.3) is 0 Å². The lowest BCUT2D eigenvalue weighted by Crippen LogP contribution is -2.56. The van der Waals surface area contributed by atoms with Crippen LogP contribution in [0.1, 0.15) is 46.3 Å². The van der Waals surface area contributed by atoms with Gasteiger partial charge < -0.3 is 21.3 Å². The predicted molar refractivity (Wildman–Crippen MR) is 160 cm³/mol. The predicted octanol–water partition coefficient (Wildman–Crippen LogP) is 4.69. The molecule has 0 aliphatic carbocycles. The number of nitrogens with one attached hydrogen (secondary N) is 2. The third kappa shape index (κ3) is 7.52. The topological polar surface area (TPSA) is 122 Å². The first kappa shape index (κ1) is 30.2. The van der Waals surface area contributed by atoms with E-state index in [0.29, 0.717) is 26.9 Å². The molecule has 1 aliphatic heterocycles. The van der Waals surface area contributed by atoms with Gasteiger partial charge in [-0.3, -0.25) is 19.2 Å². The fourth-order valence-corrected chi connectivity index (χ4v) is 5.26. The monoisotopic (exact) mass is 594 g/mol. The first-order chi connectivity index (χ1) is 19.7. The van der Waals surface area contributed by atoms with E-state index in [-0.39, 0.29) is 50.5 Å². The van der Waals surface area contributed by atoms with Gasteiger partial charge in [-0.15, -0.1) is 0 Å². The Bertz CT molecular complexity index is 1420. The Hall–Kier alpha value is -3.72. The number of carbonyl (C=O) groups excluding carboxylic acids is 4. The number of anilines is 1. The maximum absolute atomic E-state index is 13.6. The van der Waals surface area contributed by atoms with E-state index in [2.05, 4.69) is 10.6 Å². The van der Waals surface area contributed by atoms with Crippen LogP contribution >= 0.6 is 23.2 Å². The van der Waals surface area contributed by atoms with Crippen molar-refractivity contribution in [3.8, 4) is 0 Å². The lowest BCUT2D eigenvalue weighted by atomic mass is 9.92. The van der Waals surface area contributed by atoms with E-state index >= 15 is 0 Å². The zero-order valence-electron chi connectivity index (χ0n) is 22.7. The maximum atomic E-state index is 13.6. The average molecular weight is 596 g/mol. The molecule has 4 N–H and O–H groups in total. The summed E-state index contributed by atoms with van der Waals surface area (Å²) in [5, 5.41) is 6.26. The molecule has 41 heavy (non-hydrogen) atoms. The number of aryl methyl sites for hydroxylation is 1. The minimum absolute atomic E-state index is 0.0244. The largest absolute Gasteiger partial charge is 0.342 e. The lowest BCUT2D eigenvalue weighted by molar-refractivity contribution is -0.142. The number of rotatable bonds is 10. The van der Waals surface area contributed by atoms with Gasteiger partial charge >= 0.3 is 0 Å². The molecule has 0 aromatic heterocycles. The van der Waals surface area contributed by atoms with E-state index in [0.717, 1.165) is 11.1 Å². The van der Waals surface area contributed by atoms with Crippen LogP contribution in [-0.2, 0) is 27.3 Å². The van der Waals surface area contributed by atoms with Crippen LogP contribution in [0.2, 0.25) is 10.0 Å². The van der Waals surface area contributed by atoms with Gasteiger partial charge in [-0.25, -0.2) is 0 Å². The minimum atomic E-state index is -0.948. The summed E-state index contributed by atoms with van der Waals surface area (Å²) in [5.41, 5.74) is 9.31. The Morgan fingerprint density at radius 3 is 2.34 bits per heavy atom. The van der Waals surface area contributed by atoms with Crippen molar-refractivity contribution in [3.63, 3.8) is 0 Å². The van der Waals surface area contributed by atoms with Crippen molar-refractivity contribution >= 4 is 52.4 Å². The molecule has 2 atom stereocenters. The zero-order valence-corrected chi connectivity index (χ0v) is 24.2. The van der Waals surface area contributed by atoms with Gasteiger partial charge in [0.2, 0.25) is 17.7 Å². The van der Waals surface area contributed by atoms with Crippen molar-refractivity contribution in [2.75, 3.05) is 11.9 Å². The normalized spacial score (nSPS) is 15.0. The molecule has 10 heteroatoms. The Kier molecular flexibility index (Phi) is 10.2. The van der Waals surface area contributed by atoms with Crippen molar-refractivity contribution in [1.29, 1.82) is 0 Å². The second-order valence-corrected chi connectivity index (χ2v) is 10.8. The standard InChI is InChI=1S/C31H32Cl2N4O4/c1-19-15-23(17-24(32)29(19)33)35-30(40)25(13-14-34)36-31(41)26-16-21-9-5-6-10-22(21)18-37(26)28(39)12-11-27(38)20-7-3-2-4-8-20/h2-10,15,17,25-26H,11-14,16,18,34H2,1H3,(H,35,40)(H,36,41)/t25-,26-/m0/s1. The molecule has 4 rings (SSSR count). The molecule has 214 valence electrons. The van der Waals surface area contributed by atoms with Gasteiger partial charge in [0.25, 0.3) is 0 Å². The van der Waals surface area contributed by atoms with E-state index in [1.807, 2.05) is 30.3 Å². The van der Waals surface area contributed by atoms with E-state index in [4.69, 9.17) is 28.9 Å². The fourth-order valence-electron chi connectivity index (χ4n) is 4.88. The second-order valence-electron chi connectivity index (χ2n) is 10.0. The van der Waals surface area contributed by atoms with Crippen LogP contribution in [-0.4, -0.2) is 47.0 Å². The lowest BCUT2D eigenvalue weighted by Gasteiger charge is -2.36. The minimum Gasteiger partial charge on any atom is -0.342 e. The Morgan fingerprint density at radius 1 is 0.976 bits per heavy atom. The molecule has 0 unspecified atom stereocenters. The molecule has 3 aromatic carbocycles. The number of benzene rings is 3. The summed E-state index contributed by atoms with van der Waals surface area (Å²) in [6, 6.07) is 17.8. The average Bonchev–Trinajstić information content (AvgIpc) is 2.97. The number of Topliss-reactive ketones (excluding diaryl/α,β-unsaturated/α-hetero) is 1. The highest BCUT2D eigenvalue weighted by Crippen LogP contribution is 2.29. The molecule has 3 aromatic rings. The van der Waals surface area contributed by atoms with Crippen molar-refractivity contribution in [2.45, 2.75) is 51.2 Å². The molecule has 0 bridgehead atoms. The molecule has 0 radical (unpaired) electrons. The van der Waals surface area contributed by atoms with Crippen molar-refractivity contribution < 1.29 is 19.2 Å². The number of nitrogens with zero attached hydrogens (tertiary/aromatic N) is 1. The summed E-state index contributed by atoms with van der Waals surface area (Å²) in [6.45, 7) is 2.14. The van der Waals surface area contributed by atoms with Crippen molar-refractivity contribution in [2.24, 2.45) is 5.73 Å². The van der Waals surface area contributed by atoms with Gasteiger partial charge in [0.1, 0.15) is 12.1 Å². The van der Waals surface area contributed by atoms with Crippen LogP contribution in [0.5, 0.6) is 0 Å². The van der Waals surface area contributed by atoms with E-state index in [9.17, 15) is 19.2 Å². The maximum Gasteiger partial charge on any atom is 0.247 e. The number of amides is 3. The second kappa shape index (κ2) is 13.8. The number of ketones is 1. The molecule has 1 heterocycles. The number of fused-ring (bicyclic) bond motifs is 1. The molecule has 0 saturated carbocycles. The number of halogens is 2. The van der Waals surface area contributed by atoms with Gasteiger partial charge in [0.05, 0.1) is 10.0 Å². The van der Waals surface area contributed by atoms with Crippen molar-refractivity contribution in [1.82, 2.24) is 10.2 Å². The number of hydrogen-bond donors (Lipinski definition) is 3. The van der Waals surface area contributed by atoms with Gasteiger partial charge in [-0.05, 0) is 48.7 Å². The Balaban J connectivity index is 1.49. The van der Waals surface area contributed by atoms with E-state index in [1.165, 1.54) is 11.0 Å². The van der Waals surface area contributed by atoms with Crippen LogP contribution < -0.4 is 16.4 Å². The van der Waals surface area contributed by atoms with E-state index < -0.39 is 23.9 Å². The molecule has 3 amide bonds. The molecular weight excluding hydrogens is 563 g/mol. The first-order valence-corrected chi connectivity index (χ1v) is 14.1. The van der Waals surface area contributed by atoms with Crippen LogP contribution in [0.15, 0.2) is 66.7 Å². The molecule has 0 fully saturated rings. The van der Waals surface area contributed by atoms with Gasteiger partial charge in [0.15, 0.2) is 5.78 Å². The van der Waals surface area contributed by atoms with Crippen LogP contribution in [0.4, 0.5) is 5.69 Å². The highest BCUT2D eigenvalue weighted by molar-refractivity contribution is 6.42.